The third-order valence-electron chi connectivity index (χ3n) is 22.0. The summed E-state index contributed by atoms with van der Waals surface area (Å²) >= 11 is 0. The largest absolute Gasteiger partial charge is 0.460 e. The molecule has 4 aromatic carbocycles. The molecule has 0 radical (unpaired) electrons. The van der Waals surface area contributed by atoms with E-state index in [0.29, 0.717) is 25.0 Å². The van der Waals surface area contributed by atoms with Gasteiger partial charge in [-0.25, -0.2) is 9.48 Å². The smallest absolute Gasteiger partial charge is 0.333 e. The molecule has 2 aromatic heterocycles. The highest BCUT2D eigenvalue weighted by Gasteiger charge is 2.69. The van der Waals surface area contributed by atoms with E-state index >= 15 is 0 Å². The second kappa shape index (κ2) is 22.6. The number of allylic oxidation sites excluding steroid dienone is 2. The molecule has 13 nitrogen and oxygen atoms in total. The Balaban J connectivity index is 0.758. The quantitative estimate of drug-likeness (QED) is 0.0641. The monoisotopic (exact) mass is 1120 g/mol. The van der Waals surface area contributed by atoms with Gasteiger partial charge in [0.1, 0.15) is 30.6 Å². The number of hydrogen-bond acceptors (Lipinski definition) is 10. The van der Waals surface area contributed by atoms with Gasteiger partial charge in [-0.15, -0.1) is 5.10 Å². The van der Waals surface area contributed by atoms with Gasteiger partial charge in [0, 0.05) is 12.3 Å². The van der Waals surface area contributed by atoms with Crippen LogP contribution in [0.5, 0.6) is 0 Å². The molecule has 0 spiro atoms. The van der Waals surface area contributed by atoms with Gasteiger partial charge in [-0.1, -0.05) is 187 Å². The normalized spacial score (nSPS) is 32.3. The van der Waals surface area contributed by atoms with E-state index in [9.17, 15) is 14.4 Å². The highest BCUT2D eigenvalue weighted by atomic mass is 16.6. The van der Waals surface area contributed by atoms with E-state index in [0.717, 1.165) is 92.2 Å². The number of rotatable bonds is 17. The molecule has 12 atom stereocenters. The molecule has 12 rings (SSSR count). The molecule has 13 heteroatoms. The zero-order valence-corrected chi connectivity index (χ0v) is 49.8. The van der Waals surface area contributed by atoms with Crippen molar-refractivity contribution < 1.29 is 28.5 Å². The summed E-state index contributed by atoms with van der Waals surface area (Å²) in [6, 6.07) is 40.9. The van der Waals surface area contributed by atoms with E-state index in [1.165, 1.54) is 21.4 Å². The van der Waals surface area contributed by atoms with Crippen molar-refractivity contribution in [1.82, 2.24) is 24.1 Å². The second-order valence-corrected chi connectivity index (χ2v) is 27.5. The zero-order valence-electron chi connectivity index (χ0n) is 49.8. The minimum Gasteiger partial charge on any atom is -0.460 e. The van der Waals surface area contributed by atoms with Crippen LogP contribution in [-0.2, 0) is 68.0 Å². The van der Waals surface area contributed by atoms with Crippen LogP contribution in [0.4, 0.5) is 0 Å². The van der Waals surface area contributed by atoms with E-state index in [2.05, 4.69) is 77.0 Å². The van der Waals surface area contributed by atoms with Crippen molar-refractivity contribution in [2.45, 2.75) is 183 Å². The SMILES string of the molecule is CC1(C)CC[C@]2(C(=O)OCc3ccccc3)CC[C@]3(C)C(=CC[C@@H]4[C@@]5(C)CC[C@H](OCc6cn(C[C@H]7O[C@@H](n8ccc(=O)n(Cc9ccccc9)c8=O)[C@H](OCc8ccccc8)[C@@H]7OCc7ccccc7)nn6)C(C)(C)[C@@H]5CC[C@]43C)[C@@H]2C1. The van der Waals surface area contributed by atoms with Crippen LogP contribution in [0.15, 0.2) is 161 Å². The molecular weight excluding hydrogens is 1040 g/mol. The number of aromatic nitrogens is 5. The van der Waals surface area contributed by atoms with Gasteiger partial charge in [-0.2, -0.15) is 0 Å². The maximum absolute atomic E-state index is 14.6. The second-order valence-electron chi connectivity index (χ2n) is 27.5. The van der Waals surface area contributed by atoms with Crippen LogP contribution < -0.4 is 11.2 Å². The van der Waals surface area contributed by atoms with Gasteiger partial charge < -0.3 is 23.7 Å². The molecule has 0 unspecified atom stereocenters. The van der Waals surface area contributed by atoms with Crippen LogP contribution in [0, 0.1) is 50.2 Å². The fraction of sp³-hybridized carbons (Fsp3) is 0.529. The number of carbonyl (C=O) groups excluding carboxylic acids is 1. The maximum Gasteiger partial charge on any atom is 0.333 e. The Bertz CT molecular complexity index is 3400. The Kier molecular flexibility index (Phi) is 15.6. The Morgan fingerprint density at radius 2 is 1.27 bits per heavy atom. The van der Waals surface area contributed by atoms with Gasteiger partial charge in [-0.3, -0.25) is 18.7 Å². The van der Waals surface area contributed by atoms with Gasteiger partial charge in [0.2, 0.25) is 0 Å². The number of hydrogen-bond donors (Lipinski definition) is 0. The number of fused-ring (bicyclic) bond motifs is 7. The van der Waals surface area contributed by atoms with Crippen LogP contribution in [-0.4, -0.2) is 54.5 Å². The summed E-state index contributed by atoms with van der Waals surface area (Å²) in [4.78, 5) is 42.4. The van der Waals surface area contributed by atoms with E-state index in [-0.39, 0.29) is 71.4 Å². The molecule has 4 saturated carbocycles. The highest BCUT2D eigenvalue weighted by Crippen LogP contribution is 2.76. The lowest BCUT2D eigenvalue weighted by Crippen LogP contribution is -2.65. The Morgan fingerprint density at radius 3 is 1.93 bits per heavy atom. The molecule has 438 valence electrons. The third kappa shape index (κ3) is 10.6. The summed E-state index contributed by atoms with van der Waals surface area (Å²) in [5.74, 6) is 1.18. The molecule has 6 aliphatic rings. The van der Waals surface area contributed by atoms with Crippen molar-refractivity contribution in [3.63, 3.8) is 0 Å². The van der Waals surface area contributed by atoms with Crippen LogP contribution in [0.1, 0.15) is 147 Å². The minimum absolute atomic E-state index is 0.00468. The molecule has 1 saturated heterocycles. The minimum atomic E-state index is -0.940. The first-order valence-corrected chi connectivity index (χ1v) is 30.7. The Morgan fingerprint density at radius 1 is 0.651 bits per heavy atom. The van der Waals surface area contributed by atoms with Crippen molar-refractivity contribution in [3.05, 3.63) is 200 Å². The van der Waals surface area contributed by atoms with Crippen molar-refractivity contribution in [3.8, 4) is 0 Å². The predicted octanol–water partition coefficient (Wildman–Crippen LogP) is 12.8. The fourth-order valence-electron chi connectivity index (χ4n) is 17.2. The molecule has 5 aliphatic carbocycles. The first kappa shape index (κ1) is 57.2. The molecule has 3 heterocycles. The molecule has 5 fully saturated rings. The Labute approximate surface area is 489 Å². The number of benzene rings is 4. The lowest BCUT2D eigenvalue weighted by Gasteiger charge is -2.71. The van der Waals surface area contributed by atoms with Crippen molar-refractivity contribution >= 4 is 5.97 Å². The van der Waals surface area contributed by atoms with Gasteiger partial charge >= 0.3 is 11.7 Å². The molecule has 0 bridgehead atoms. The average Bonchev–Trinajstić information content (AvgIpc) is 1.47. The third-order valence-corrected chi connectivity index (χ3v) is 22.0. The maximum atomic E-state index is 14.6. The molecular formula is C70H85N5O8. The zero-order chi connectivity index (χ0) is 57.8. The lowest BCUT2D eigenvalue weighted by molar-refractivity contribution is -0.215. The summed E-state index contributed by atoms with van der Waals surface area (Å²) < 4.78 is 38.4. The van der Waals surface area contributed by atoms with E-state index < -0.39 is 41.2 Å². The van der Waals surface area contributed by atoms with Crippen LogP contribution in [0.2, 0.25) is 0 Å². The first-order chi connectivity index (χ1) is 39.9. The van der Waals surface area contributed by atoms with Crippen LogP contribution in [0.3, 0.4) is 0 Å². The van der Waals surface area contributed by atoms with Crippen LogP contribution >= 0.6 is 0 Å². The summed E-state index contributed by atoms with van der Waals surface area (Å²) in [7, 11) is 0. The van der Waals surface area contributed by atoms with Crippen LogP contribution in [0.25, 0.3) is 0 Å². The molecule has 6 aromatic rings. The predicted molar refractivity (Wildman–Crippen MR) is 318 cm³/mol. The summed E-state index contributed by atoms with van der Waals surface area (Å²) in [5, 5.41) is 9.31. The highest BCUT2D eigenvalue weighted by molar-refractivity contribution is 5.79. The fourth-order valence-corrected chi connectivity index (χ4v) is 17.2. The Hall–Kier alpha value is -6.25. The van der Waals surface area contributed by atoms with E-state index in [1.807, 2.05) is 115 Å². The molecule has 0 N–H and O–H groups in total. The molecule has 1 aliphatic heterocycles. The van der Waals surface area contributed by atoms with Gasteiger partial charge in [0.15, 0.2) is 6.23 Å². The van der Waals surface area contributed by atoms with E-state index in [1.54, 1.807) is 10.3 Å². The number of carbonyl (C=O) groups is 1. The van der Waals surface area contributed by atoms with Gasteiger partial charge in [0.05, 0.1) is 50.6 Å². The topological polar surface area (TPSA) is 138 Å². The van der Waals surface area contributed by atoms with Gasteiger partial charge in [0.25, 0.3) is 5.56 Å². The van der Waals surface area contributed by atoms with Crippen molar-refractivity contribution in [2.75, 3.05) is 0 Å². The number of esters is 1. The standard InChI is InChI=1S/C70H85N5O8/c1-65(2)35-37-70(63(77)82-46-51-26-18-11-19-27-51)38-36-68(6)53(54(70)40-65)28-29-57-67(5)33-31-58(66(3,4)56(67)30-34-69(57,68)7)79-47-52-42-73(72-71-52)43-55-60(80-44-49-22-14-9-15-23-49)61(81-45-50-24-16-10-17-25-50)62(83-55)74-39-32-59(76)75(64(74)78)41-48-20-12-8-13-21-48/h8-28,32,39,42,54-58,60-62H,29-31,33-38,40-41,43-47H2,1-7H3/t54-,55+,56-,57+,58-,60+,61+,62+,67-,68+,69+,70-/m0/s1. The molecule has 83 heavy (non-hydrogen) atoms. The number of ether oxygens (including phenoxy) is 5. The first-order valence-electron chi connectivity index (χ1n) is 30.7. The average molecular weight is 1120 g/mol. The van der Waals surface area contributed by atoms with Gasteiger partial charge in [-0.05, 0) is 131 Å². The summed E-state index contributed by atoms with van der Waals surface area (Å²) in [6.07, 6.45) is 13.4. The molecule has 0 amide bonds. The number of nitrogens with zero attached hydrogens (tertiary/aromatic N) is 5. The summed E-state index contributed by atoms with van der Waals surface area (Å²) in [6.45, 7) is 19.1. The van der Waals surface area contributed by atoms with Crippen molar-refractivity contribution in [1.29, 1.82) is 0 Å². The summed E-state index contributed by atoms with van der Waals surface area (Å²) in [5.41, 5.74) is 4.98. The van der Waals surface area contributed by atoms with E-state index in [4.69, 9.17) is 23.7 Å². The van der Waals surface area contributed by atoms with Crippen molar-refractivity contribution in [2.24, 2.45) is 50.2 Å². The lowest BCUT2D eigenvalue weighted by atomic mass is 9.33.